The van der Waals surface area contributed by atoms with Gasteiger partial charge in [0.05, 0.1) is 0 Å². The van der Waals surface area contributed by atoms with Crippen LogP contribution in [-0.2, 0) is 24.3 Å². The maximum Gasteiger partial charge on any atom is 0.296 e. The van der Waals surface area contributed by atoms with E-state index in [1.165, 1.54) is 24.3 Å². The summed E-state index contributed by atoms with van der Waals surface area (Å²) in [6.45, 7) is 0. The first-order chi connectivity index (χ1) is 13.7. The van der Waals surface area contributed by atoms with Crippen molar-refractivity contribution in [2.75, 3.05) is 0 Å². The molecule has 150 valence electrons. The third-order valence-corrected chi connectivity index (χ3v) is 8.61. The Balaban J connectivity index is 0.00000171. The number of rotatable bonds is 4. The summed E-state index contributed by atoms with van der Waals surface area (Å²) in [5.74, 6) is 0. The minimum absolute atomic E-state index is 0. The summed E-state index contributed by atoms with van der Waals surface area (Å²) < 4.78 is 68.7. The molecule has 2 N–H and O–H groups in total. The van der Waals surface area contributed by atoms with E-state index in [4.69, 9.17) is 0 Å². The van der Waals surface area contributed by atoms with Crippen LogP contribution in [0.2, 0.25) is 0 Å². The number of hydrogen-bond donors (Lipinski definition) is 2. The van der Waals surface area contributed by atoms with E-state index in [0.717, 1.165) is 0 Å². The first-order valence-electron chi connectivity index (χ1n) is 8.58. The average Bonchev–Trinajstić information content (AvgIpc) is 2.67. The molecule has 0 amide bonds. The van der Waals surface area contributed by atoms with Crippen molar-refractivity contribution in [3.05, 3.63) is 96.1 Å². The van der Waals surface area contributed by atoms with E-state index in [0.29, 0.717) is 10.8 Å². The Kier molecular flexibility index (Phi) is 8.20. The molecule has 0 saturated carbocycles. The van der Waals surface area contributed by atoms with Crippen LogP contribution in [0.3, 0.4) is 0 Å². The molecule has 31 heavy (non-hydrogen) atoms. The SMILES string of the molecule is O=S(=O)(O)C(c1cccc2ccccc12)(c1cccc2ccccc12)S(=O)(=O)O.[Na].[Na]. The van der Waals surface area contributed by atoms with E-state index in [2.05, 4.69) is 0 Å². The molecule has 0 fully saturated rings. The zero-order chi connectivity index (χ0) is 20.9. The van der Waals surface area contributed by atoms with Crippen LogP contribution >= 0.6 is 0 Å². The van der Waals surface area contributed by atoms with E-state index in [-0.39, 0.29) is 81.0 Å². The van der Waals surface area contributed by atoms with Crippen LogP contribution in [0.1, 0.15) is 11.1 Å². The molecule has 0 heterocycles. The van der Waals surface area contributed by atoms with Gasteiger partial charge >= 0.3 is 0 Å². The molecule has 0 unspecified atom stereocenters. The van der Waals surface area contributed by atoms with Gasteiger partial charge in [-0.3, -0.25) is 9.11 Å². The van der Waals surface area contributed by atoms with Crippen LogP contribution in [-0.4, -0.2) is 85.1 Å². The Bertz CT molecular complexity index is 1340. The molecule has 4 rings (SSSR count). The Labute approximate surface area is 224 Å². The summed E-state index contributed by atoms with van der Waals surface area (Å²) in [5, 5.41) is 1.67. The minimum Gasteiger partial charge on any atom is -0.284 e. The predicted molar refractivity (Wildman–Crippen MR) is 123 cm³/mol. The molecule has 6 nitrogen and oxygen atoms in total. The first kappa shape index (κ1) is 26.5. The summed E-state index contributed by atoms with van der Waals surface area (Å²) in [6, 6.07) is 22.0. The van der Waals surface area contributed by atoms with Crippen molar-refractivity contribution < 1.29 is 25.9 Å². The number of benzene rings is 4. The molecule has 2 radical (unpaired) electrons. The van der Waals surface area contributed by atoms with Crippen LogP contribution in [0.4, 0.5) is 0 Å². The summed E-state index contributed by atoms with van der Waals surface area (Å²) in [6.07, 6.45) is 0. The van der Waals surface area contributed by atoms with Crippen LogP contribution in [0.25, 0.3) is 21.5 Å². The molecule has 4 aromatic carbocycles. The van der Waals surface area contributed by atoms with Gasteiger partial charge in [0.1, 0.15) is 0 Å². The van der Waals surface area contributed by atoms with Gasteiger partial charge in [-0.25, -0.2) is 0 Å². The second-order valence-corrected chi connectivity index (χ2v) is 10.0. The van der Waals surface area contributed by atoms with E-state index >= 15 is 0 Å². The molecule has 4 aromatic rings. The van der Waals surface area contributed by atoms with Gasteiger partial charge in [-0.15, -0.1) is 0 Å². The van der Waals surface area contributed by atoms with Gasteiger partial charge in [0.2, 0.25) is 0 Å². The van der Waals surface area contributed by atoms with Gasteiger partial charge in [-0.2, -0.15) is 16.8 Å². The van der Waals surface area contributed by atoms with Crippen molar-refractivity contribution in [2.45, 2.75) is 4.08 Å². The van der Waals surface area contributed by atoms with Gasteiger partial charge in [-0.1, -0.05) is 84.9 Å². The Hall–Kier alpha value is -0.780. The standard InChI is InChI=1S/C21H16O6S2.2Na/c22-28(23,24)21(29(25,26)27,19-13-5-9-15-7-1-3-11-17(15)19)20-14-6-10-16-8-2-4-12-18(16)20;;/h1-14H,(H,22,23,24)(H,25,26,27);;. The molecular weight excluding hydrogens is 458 g/mol. The molecule has 0 aromatic heterocycles. The molecule has 0 saturated heterocycles. The third-order valence-electron chi connectivity index (χ3n) is 5.01. The minimum atomic E-state index is -5.41. The predicted octanol–water partition coefficient (Wildman–Crippen LogP) is 3.21. The Morgan fingerprint density at radius 3 is 1.19 bits per heavy atom. The van der Waals surface area contributed by atoms with Crippen molar-refractivity contribution in [1.29, 1.82) is 0 Å². The van der Waals surface area contributed by atoms with Crippen molar-refractivity contribution in [3.63, 3.8) is 0 Å². The fourth-order valence-electron chi connectivity index (χ4n) is 3.86. The molecule has 0 aliphatic carbocycles. The zero-order valence-electron chi connectivity index (χ0n) is 16.9. The molecule has 0 spiro atoms. The second kappa shape index (κ2) is 9.61. The van der Waals surface area contributed by atoms with Crippen LogP contribution < -0.4 is 0 Å². The Morgan fingerprint density at radius 1 is 0.516 bits per heavy atom. The fraction of sp³-hybridized carbons (Fsp3) is 0.0476. The van der Waals surface area contributed by atoms with Crippen molar-refractivity contribution in [3.8, 4) is 0 Å². The smallest absolute Gasteiger partial charge is 0.284 e. The van der Waals surface area contributed by atoms with Crippen LogP contribution in [0.5, 0.6) is 0 Å². The molecule has 0 atom stereocenters. The quantitative estimate of drug-likeness (QED) is 0.347. The monoisotopic (exact) mass is 474 g/mol. The second-order valence-electron chi connectivity index (χ2n) is 6.62. The fourth-order valence-corrected chi connectivity index (χ4v) is 6.75. The summed E-state index contributed by atoms with van der Waals surface area (Å²) in [5.41, 5.74) is -0.506. The largest absolute Gasteiger partial charge is 0.296 e. The first-order valence-corrected chi connectivity index (χ1v) is 11.5. The topological polar surface area (TPSA) is 109 Å². The van der Waals surface area contributed by atoms with Crippen molar-refractivity contribution >= 4 is 101 Å². The maximum atomic E-state index is 12.8. The Morgan fingerprint density at radius 2 is 0.839 bits per heavy atom. The summed E-state index contributed by atoms with van der Waals surface area (Å²) in [7, 11) is -10.8. The normalized spacial score (nSPS) is 12.2. The number of fused-ring (bicyclic) bond motifs is 2. The summed E-state index contributed by atoms with van der Waals surface area (Å²) in [4.78, 5) is 0. The van der Waals surface area contributed by atoms with E-state index < -0.39 is 24.3 Å². The van der Waals surface area contributed by atoms with Crippen LogP contribution in [0, 0.1) is 0 Å². The van der Waals surface area contributed by atoms with E-state index in [1.54, 1.807) is 60.7 Å². The van der Waals surface area contributed by atoms with E-state index in [9.17, 15) is 25.9 Å². The molecule has 0 bridgehead atoms. The van der Waals surface area contributed by atoms with Crippen LogP contribution in [0.15, 0.2) is 84.9 Å². The van der Waals surface area contributed by atoms with Crippen molar-refractivity contribution in [2.24, 2.45) is 0 Å². The average molecular weight is 474 g/mol. The maximum absolute atomic E-state index is 12.8. The molecule has 0 aliphatic rings. The van der Waals surface area contributed by atoms with Gasteiger partial charge in [0.25, 0.3) is 24.3 Å². The van der Waals surface area contributed by atoms with Crippen molar-refractivity contribution in [1.82, 2.24) is 0 Å². The zero-order valence-corrected chi connectivity index (χ0v) is 22.6. The van der Waals surface area contributed by atoms with Gasteiger partial charge in [0, 0.05) is 70.2 Å². The van der Waals surface area contributed by atoms with Gasteiger partial charge in [-0.05, 0) is 21.5 Å². The van der Waals surface area contributed by atoms with Gasteiger partial charge in [0.15, 0.2) is 0 Å². The number of hydrogen-bond acceptors (Lipinski definition) is 4. The molecule has 0 aliphatic heterocycles. The van der Waals surface area contributed by atoms with E-state index in [1.807, 2.05) is 0 Å². The molecular formula is C21H16Na2O6S2. The molecule has 10 heteroatoms. The third kappa shape index (κ3) is 4.27. The summed E-state index contributed by atoms with van der Waals surface area (Å²) >= 11 is 0. The van der Waals surface area contributed by atoms with Gasteiger partial charge < -0.3 is 0 Å².